The van der Waals surface area contributed by atoms with E-state index in [9.17, 15) is 4.79 Å². The molecule has 1 rings (SSSR count). The minimum absolute atomic E-state index is 0.0671. The van der Waals surface area contributed by atoms with E-state index in [0.29, 0.717) is 0 Å². The molecule has 0 bridgehead atoms. The van der Waals surface area contributed by atoms with Crippen LogP contribution in [-0.2, 0) is 0 Å². The second-order valence-corrected chi connectivity index (χ2v) is 7.08. The Kier molecular flexibility index (Phi) is 17.0. The highest BCUT2D eigenvalue weighted by atomic mass is 31.0. The highest BCUT2D eigenvalue weighted by Crippen LogP contribution is 2.14. The maximum Gasteiger partial charge on any atom is 0.339 e. The quantitative estimate of drug-likeness (QED) is 0.302. The van der Waals surface area contributed by atoms with Crippen molar-refractivity contribution in [2.45, 2.75) is 84.0 Å². The number of aromatic hydroxyl groups is 1. The van der Waals surface area contributed by atoms with E-state index < -0.39 is 5.97 Å². The normalized spacial score (nSPS) is 10.2. The average Bonchev–Trinajstić information content (AvgIpc) is 2.60. The Balaban J connectivity index is 0.000000496. The third-order valence-corrected chi connectivity index (χ3v) is 4.60. The van der Waals surface area contributed by atoms with E-state index in [4.69, 9.17) is 10.2 Å². The SMILES string of the molecule is CCCCCCCCCCCCCCP.O=C(O)c1ccccc1O. The largest absolute Gasteiger partial charge is 0.507 e. The Bertz CT molecular complexity index is 423. The summed E-state index contributed by atoms with van der Waals surface area (Å²) < 4.78 is 0. The van der Waals surface area contributed by atoms with E-state index >= 15 is 0 Å². The van der Waals surface area contributed by atoms with Crippen molar-refractivity contribution in [1.82, 2.24) is 0 Å². The minimum Gasteiger partial charge on any atom is -0.507 e. The molecule has 1 aromatic rings. The van der Waals surface area contributed by atoms with E-state index in [-0.39, 0.29) is 11.3 Å². The number of carboxylic acids is 1. The summed E-state index contributed by atoms with van der Waals surface area (Å²) in [4.78, 5) is 10.3. The van der Waals surface area contributed by atoms with Gasteiger partial charge in [-0.15, -0.1) is 9.24 Å². The number of carboxylic acid groups (broad SMARTS) is 1. The number of phenols is 1. The van der Waals surface area contributed by atoms with Crippen LogP contribution in [0.4, 0.5) is 0 Å². The molecular formula is C21H37O3P. The van der Waals surface area contributed by atoms with Crippen molar-refractivity contribution in [1.29, 1.82) is 0 Å². The van der Waals surface area contributed by atoms with E-state index in [1.807, 2.05) is 0 Å². The first-order chi connectivity index (χ1) is 12.1. The number of aromatic carboxylic acids is 1. The zero-order valence-electron chi connectivity index (χ0n) is 15.9. The van der Waals surface area contributed by atoms with Crippen molar-refractivity contribution in [3.63, 3.8) is 0 Å². The molecule has 1 atom stereocenters. The van der Waals surface area contributed by atoms with Crippen molar-refractivity contribution >= 4 is 15.2 Å². The lowest BCUT2D eigenvalue weighted by atomic mass is 10.1. The summed E-state index contributed by atoms with van der Waals surface area (Å²) in [7, 11) is 2.81. The molecule has 3 nitrogen and oxygen atoms in total. The van der Waals surface area contributed by atoms with Gasteiger partial charge in [0.15, 0.2) is 0 Å². The smallest absolute Gasteiger partial charge is 0.339 e. The molecule has 0 radical (unpaired) electrons. The van der Waals surface area contributed by atoms with Crippen LogP contribution in [0.5, 0.6) is 5.75 Å². The van der Waals surface area contributed by atoms with Gasteiger partial charge in [-0.2, -0.15) is 0 Å². The van der Waals surface area contributed by atoms with E-state index in [1.54, 1.807) is 12.1 Å². The van der Waals surface area contributed by atoms with E-state index in [1.165, 1.54) is 95.3 Å². The van der Waals surface area contributed by atoms with E-state index in [0.717, 1.165) is 0 Å². The second kappa shape index (κ2) is 17.7. The topological polar surface area (TPSA) is 57.5 Å². The number of carbonyl (C=O) groups is 1. The number of hydrogen-bond donors (Lipinski definition) is 2. The van der Waals surface area contributed by atoms with Crippen molar-refractivity contribution in [2.24, 2.45) is 0 Å². The highest BCUT2D eigenvalue weighted by Gasteiger charge is 2.05. The maximum atomic E-state index is 10.3. The molecule has 0 saturated heterocycles. The van der Waals surface area contributed by atoms with Gasteiger partial charge in [0.25, 0.3) is 0 Å². The Morgan fingerprint density at radius 3 is 1.64 bits per heavy atom. The van der Waals surface area contributed by atoms with Crippen LogP contribution in [0.3, 0.4) is 0 Å². The van der Waals surface area contributed by atoms with Crippen LogP contribution < -0.4 is 0 Å². The molecule has 0 spiro atoms. The van der Waals surface area contributed by atoms with Crippen molar-refractivity contribution in [2.75, 3.05) is 6.16 Å². The van der Waals surface area contributed by atoms with Crippen molar-refractivity contribution in [3.8, 4) is 5.75 Å². The number of unbranched alkanes of at least 4 members (excludes halogenated alkanes) is 11. The summed E-state index contributed by atoms with van der Waals surface area (Å²) in [5, 5.41) is 17.3. The predicted molar refractivity (Wildman–Crippen MR) is 111 cm³/mol. The molecule has 4 heteroatoms. The standard InChI is InChI=1S/C14H31P.C7H6O3/c1-2-3-4-5-6-7-8-9-10-11-12-13-14-15;8-6-4-2-1-3-5(6)7(9)10/h2-15H2,1H3;1-4,8H,(H,9,10). The maximum absolute atomic E-state index is 10.3. The Hall–Kier alpha value is -1.08. The summed E-state index contributed by atoms with van der Waals surface area (Å²) >= 11 is 0. The minimum atomic E-state index is -1.11. The fourth-order valence-corrected chi connectivity index (χ4v) is 2.93. The number of hydrogen-bond acceptors (Lipinski definition) is 2. The summed E-state index contributed by atoms with van der Waals surface area (Å²) in [6.45, 7) is 2.29. The highest BCUT2D eigenvalue weighted by molar-refractivity contribution is 7.16. The van der Waals surface area contributed by atoms with Gasteiger partial charge in [0, 0.05) is 0 Å². The van der Waals surface area contributed by atoms with Gasteiger partial charge < -0.3 is 10.2 Å². The molecule has 0 aliphatic rings. The third kappa shape index (κ3) is 14.9. The van der Waals surface area contributed by atoms with Crippen LogP contribution in [0.15, 0.2) is 24.3 Å². The van der Waals surface area contributed by atoms with Gasteiger partial charge in [0.2, 0.25) is 0 Å². The Morgan fingerprint density at radius 2 is 1.28 bits per heavy atom. The number of para-hydroxylation sites is 1. The van der Waals surface area contributed by atoms with Crippen LogP contribution in [0.2, 0.25) is 0 Å². The fraction of sp³-hybridized carbons (Fsp3) is 0.667. The molecule has 144 valence electrons. The Labute approximate surface area is 156 Å². The molecule has 1 unspecified atom stereocenters. The van der Waals surface area contributed by atoms with Gasteiger partial charge in [-0.3, -0.25) is 0 Å². The molecule has 0 aromatic heterocycles. The van der Waals surface area contributed by atoms with Gasteiger partial charge in [0.05, 0.1) is 0 Å². The molecule has 1 aromatic carbocycles. The van der Waals surface area contributed by atoms with Crippen molar-refractivity contribution < 1.29 is 15.0 Å². The molecule has 0 fully saturated rings. The molecule has 0 aliphatic carbocycles. The number of rotatable bonds is 13. The fourth-order valence-electron chi connectivity index (χ4n) is 2.64. The lowest BCUT2D eigenvalue weighted by molar-refractivity contribution is 0.0693. The van der Waals surface area contributed by atoms with Gasteiger partial charge >= 0.3 is 5.97 Å². The van der Waals surface area contributed by atoms with E-state index in [2.05, 4.69) is 16.2 Å². The molecule has 0 saturated carbocycles. The zero-order chi connectivity index (χ0) is 18.8. The van der Waals surface area contributed by atoms with Gasteiger partial charge in [-0.05, 0) is 24.7 Å². The molecule has 2 N–H and O–H groups in total. The van der Waals surface area contributed by atoms with Crippen LogP contribution in [0.1, 0.15) is 94.3 Å². The monoisotopic (exact) mass is 368 g/mol. The van der Waals surface area contributed by atoms with Crippen LogP contribution in [-0.4, -0.2) is 22.3 Å². The summed E-state index contributed by atoms with van der Waals surface area (Å²) in [6.07, 6.45) is 18.7. The third-order valence-electron chi connectivity index (χ3n) is 4.19. The van der Waals surface area contributed by atoms with Crippen molar-refractivity contribution in [3.05, 3.63) is 29.8 Å². The second-order valence-electron chi connectivity index (χ2n) is 6.50. The lowest BCUT2D eigenvalue weighted by Crippen LogP contribution is -1.95. The molecule has 0 amide bonds. The molecule has 0 heterocycles. The lowest BCUT2D eigenvalue weighted by Gasteiger charge is -2.01. The first kappa shape index (κ1) is 23.9. The first-order valence-electron chi connectivity index (χ1n) is 9.84. The van der Waals surface area contributed by atoms with Crippen LogP contribution in [0, 0.1) is 0 Å². The zero-order valence-corrected chi connectivity index (χ0v) is 17.0. The summed E-state index contributed by atoms with van der Waals surface area (Å²) in [5.74, 6) is -1.31. The van der Waals surface area contributed by atoms with Crippen LogP contribution in [0.25, 0.3) is 0 Å². The van der Waals surface area contributed by atoms with Gasteiger partial charge in [-0.1, -0.05) is 89.7 Å². The van der Waals surface area contributed by atoms with Crippen LogP contribution >= 0.6 is 9.24 Å². The predicted octanol–water partition coefficient (Wildman–Crippen LogP) is 6.65. The van der Waals surface area contributed by atoms with Gasteiger partial charge in [0.1, 0.15) is 11.3 Å². The molecule has 25 heavy (non-hydrogen) atoms. The summed E-state index contributed by atoms with van der Waals surface area (Å²) in [5.41, 5.74) is -0.0671. The molecular weight excluding hydrogens is 331 g/mol. The summed E-state index contributed by atoms with van der Waals surface area (Å²) in [6, 6.07) is 5.81. The molecule has 0 aliphatic heterocycles. The Morgan fingerprint density at radius 1 is 0.840 bits per heavy atom. The number of benzene rings is 1. The average molecular weight is 368 g/mol. The van der Waals surface area contributed by atoms with Gasteiger partial charge in [-0.25, -0.2) is 4.79 Å². The first-order valence-corrected chi connectivity index (χ1v) is 10.7.